The molecule has 0 fully saturated rings. The quantitative estimate of drug-likeness (QED) is 0.567. The number of rotatable bonds is 6. The van der Waals surface area contributed by atoms with Crippen LogP contribution in [0.5, 0.6) is 5.75 Å². The lowest BCUT2D eigenvalue weighted by atomic mass is 10.1. The van der Waals surface area contributed by atoms with Crippen molar-refractivity contribution >= 4 is 39.1 Å². The minimum Gasteiger partial charge on any atom is -0.484 e. The highest BCUT2D eigenvalue weighted by Crippen LogP contribution is 2.17. The molecule has 5 nitrogen and oxygen atoms in total. The number of benzene rings is 3. The van der Waals surface area contributed by atoms with Gasteiger partial charge in [0.15, 0.2) is 6.61 Å². The summed E-state index contributed by atoms with van der Waals surface area (Å²) in [5, 5.41) is 5.61. The maximum absolute atomic E-state index is 12.3. The number of aryl methyl sites for hydroxylation is 1. The molecule has 3 aromatic rings. The van der Waals surface area contributed by atoms with Crippen molar-refractivity contribution in [1.29, 1.82) is 0 Å². The third-order valence-electron chi connectivity index (χ3n) is 4.00. The maximum atomic E-state index is 12.3. The third kappa shape index (κ3) is 5.44. The summed E-state index contributed by atoms with van der Waals surface area (Å²) >= 11 is 3.35. The Balaban J connectivity index is 1.52. The Bertz CT molecular complexity index is 970. The standard InChI is InChI=1S/C22H19BrN2O3/c1-15-4-2-3-5-20(15)22(27)25-18-10-8-17(9-11-18)24-21(26)14-28-19-12-6-16(23)7-13-19/h2-13H,14H2,1H3,(H,24,26)(H,25,27). The van der Waals surface area contributed by atoms with Gasteiger partial charge in [0.25, 0.3) is 11.8 Å². The molecule has 0 aliphatic heterocycles. The zero-order valence-electron chi connectivity index (χ0n) is 15.2. The fourth-order valence-corrected chi connectivity index (χ4v) is 2.80. The van der Waals surface area contributed by atoms with Gasteiger partial charge in [-0.1, -0.05) is 34.1 Å². The van der Waals surface area contributed by atoms with E-state index in [4.69, 9.17) is 4.74 Å². The summed E-state index contributed by atoms with van der Waals surface area (Å²) in [5.41, 5.74) is 2.82. The SMILES string of the molecule is Cc1ccccc1C(=O)Nc1ccc(NC(=O)COc2ccc(Br)cc2)cc1. The zero-order chi connectivity index (χ0) is 19.9. The normalized spacial score (nSPS) is 10.2. The highest BCUT2D eigenvalue weighted by Gasteiger charge is 2.09. The van der Waals surface area contributed by atoms with Crippen LogP contribution in [0.1, 0.15) is 15.9 Å². The largest absolute Gasteiger partial charge is 0.484 e. The van der Waals surface area contributed by atoms with E-state index in [0.717, 1.165) is 10.0 Å². The van der Waals surface area contributed by atoms with Crippen LogP contribution in [0.3, 0.4) is 0 Å². The fourth-order valence-electron chi connectivity index (χ4n) is 2.54. The number of carbonyl (C=O) groups is 2. The molecule has 142 valence electrons. The van der Waals surface area contributed by atoms with Crippen LogP contribution in [-0.2, 0) is 4.79 Å². The lowest BCUT2D eigenvalue weighted by Gasteiger charge is -2.10. The number of hydrogen-bond donors (Lipinski definition) is 2. The third-order valence-corrected chi connectivity index (χ3v) is 4.53. The molecule has 0 atom stereocenters. The average molecular weight is 439 g/mol. The minimum absolute atomic E-state index is 0.0899. The first-order valence-electron chi connectivity index (χ1n) is 8.66. The van der Waals surface area contributed by atoms with Crippen LogP contribution < -0.4 is 15.4 Å². The molecule has 0 aliphatic rings. The molecule has 0 bridgehead atoms. The Morgan fingerprint density at radius 2 is 1.46 bits per heavy atom. The van der Waals surface area contributed by atoms with Crippen LogP contribution in [0.2, 0.25) is 0 Å². The van der Waals surface area contributed by atoms with Crippen LogP contribution in [0.15, 0.2) is 77.3 Å². The highest BCUT2D eigenvalue weighted by molar-refractivity contribution is 9.10. The maximum Gasteiger partial charge on any atom is 0.262 e. The molecule has 3 rings (SSSR count). The van der Waals surface area contributed by atoms with E-state index < -0.39 is 0 Å². The molecular weight excluding hydrogens is 420 g/mol. The van der Waals surface area contributed by atoms with E-state index in [9.17, 15) is 9.59 Å². The second-order valence-electron chi connectivity index (χ2n) is 6.14. The van der Waals surface area contributed by atoms with Crippen molar-refractivity contribution in [2.75, 3.05) is 17.2 Å². The summed E-state index contributed by atoms with van der Waals surface area (Å²) in [6, 6.07) is 21.6. The molecule has 2 N–H and O–H groups in total. The molecule has 0 unspecified atom stereocenters. The van der Waals surface area contributed by atoms with Gasteiger partial charge < -0.3 is 15.4 Å². The zero-order valence-corrected chi connectivity index (χ0v) is 16.8. The predicted molar refractivity (Wildman–Crippen MR) is 114 cm³/mol. The molecule has 0 saturated carbocycles. The van der Waals surface area contributed by atoms with Gasteiger partial charge in [0.2, 0.25) is 0 Å². The lowest BCUT2D eigenvalue weighted by Crippen LogP contribution is -2.20. The summed E-state index contributed by atoms with van der Waals surface area (Å²) in [6.45, 7) is 1.80. The van der Waals surface area contributed by atoms with Gasteiger partial charge in [0.1, 0.15) is 5.75 Å². The van der Waals surface area contributed by atoms with Gasteiger partial charge in [0, 0.05) is 21.4 Å². The molecule has 0 heterocycles. The molecule has 0 spiro atoms. The van der Waals surface area contributed by atoms with Crippen LogP contribution in [0.4, 0.5) is 11.4 Å². The molecule has 0 aromatic heterocycles. The molecule has 2 amide bonds. The van der Waals surface area contributed by atoms with E-state index in [1.807, 2.05) is 37.3 Å². The van der Waals surface area contributed by atoms with Gasteiger partial charge >= 0.3 is 0 Å². The van der Waals surface area contributed by atoms with Crippen molar-refractivity contribution in [2.24, 2.45) is 0 Å². The van der Waals surface area contributed by atoms with Crippen molar-refractivity contribution in [1.82, 2.24) is 0 Å². The first-order valence-corrected chi connectivity index (χ1v) is 9.46. The van der Waals surface area contributed by atoms with Crippen molar-refractivity contribution in [2.45, 2.75) is 6.92 Å². The number of anilines is 2. The molecule has 6 heteroatoms. The van der Waals surface area contributed by atoms with Crippen molar-refractivity contribution < 1.29 is 14.3 Å². The van der Waals surface area contributed by atoms with E-state index in [2.05, 4.69) is 26.6 Å². The number of amides is 2. The molecular formula is C22H19BrN2O3. The molecule has 0 saturated heterocycles. The summed E-state index contributed by atoms with van der Waals surface area (Å²) in [4.78, 5) is 24.4. The number of carbonyl (C=O) groups excluding carboxylic acids is 2. The Hall–Kier alpha value is -3.12. The molecule has 3 aromatic carbocycles. The van der Waals surface area contributed by atoms with E-state index in [-0.39, 0.29) is 18.4 Å². The topological polar surface area (TPSA) is 67.4 Å². The van der Waals surface area contributed by atoms with Crippen molar-refractivity contribution in [3.63, 3.8) is 0 Å². The van der Waals surface area contributed by atoms with Gasteiger partial charge in [0.05, 0.1) is 0 Å². The summed E-state index contributed by atoms with van der Waals surface area (Å²) < 4.78 is 6.39. The number of halogens is 1. The van der Waals surface area contributed by atoms with Crippen molar-refractivity contribution in [3.05, 3.63) is 88.4 Å². The van der Waals surface area contributed by atoms with E-state index in [1.165, 1.54) is 0 Å². The van der Waals surface area contributed by atoms with E-state index in [1.54, 1.807) is 42.5 Å². The van der Waals surface area contributed by atoms with Gasteiger partial charge in [-0.05, 0) is 67.1 Å². The van der Waals surface area contributed by atoms with E-state index >= 15 is 0 Å². The van der Waals surface area contributed by atoms with Crippen LogP contribution >= 0.6 is 15.9 Å². The summed E-state index contributed by atoms with van der Waals surface area (Å²) in [7, 11) is 0. The van der Waals surface area contributed by atoms with Crippen LogP contribution in [0, 0.1) is 6.92 Å². The van der Waals surface area contributed by atoms with Crippen LogP contribution in [0.25, 0.3) is 0 Å². The summed E-state index contributed by atoms with van der Waals surface area (Å²) in [6.07, 6.45) is 0. The predicted octanol–water partition coefficient (Wildman–Crippen LogP) is 5.03. The van der Waals surface area contributed by atoms with E-state index in [0.29, 0.717) is 22.7 Å². The Morgan fingerprint density at radius 3 is 2.11 bits per heavy atom. The molecule has 28 heavy (non-hydrogen) atoms. The first kappa shape index (κ1) is 19.6. The fraction of sp³-hybridized carbons (Fsp3) is 0.0909. The smallest absolute Gasteiger partial charge is 0.262 e. The van der Waals surface area contributed by atoms with Gasteiger partial charge in [-0.2, -0.15) is 0 Å². The second-order valence-corrected chi connectivity index (χ2v) is 7.05. The monoisotopic (exact) mass is 438 g/mol. The Morgan fingerprint density at radius 1 is 0.857 bits per heavy atom. The average Bonchev–Trinajstić information content (AvgIpc) is 2.69. The Kier molecular flexibility index (Phi) is 6.45. The molecule has 0 radical (unpaired) electrons. The van der Waals surface area contributed by atoms with Gasteiger partial charge in [-0.3, -0.25) is 9.59 Å². The first-order chi connectivity index (χ1) is 13.5. The lowest BCUT2D eigenvalue weighted by molar-refractivity contribution is -0.118. The minimum atomic E-state index is -0.264. The second kappa shape index (κ2) is 9.19. The van der Waals surface area contributed by atoms with Crippen molar-refractivity contribution in [3.8, 4) is 5.75 Å². The molecule has 0 aliphatic carbocycles. The summed E-state index contributed by atoms with van der Waals surface area (Å²) in [5.74, 6) is 0.185. The van der Waals surface area contributed by atoms with Crippen LogP contribution in [-0.4, -0.2) is 18.4 Å². The van der Waals surface area contributed by atoms with Gasteiger partial charge in [-0.25, -0.2) is 0 Å². The highest BCUT2D eigenvalue weighted by atomic mass is 79.9. The number of hydrogen-bond acceptors (Lipinski definition) is 3. The Labute approximate surface area is 171 Å². The number of ether oxygens (including phenoxy) is 1. The van der Waals surface area contributed by atoms with Gasteiger partial charge in [-0.15, -0.1) is 0 Å². The number of nitrogens with one attached hydrogen (secondary N) is 2.